The molecule has 1 fully saturated rings. The molecular formula is C11H19NO3S. The summed E-state index contributed by atoms with van der Waals surface area (Å²) in [4.78, 5) is 11.6. The van der Waals surface area contributed by atoms with Crippen LogP contribution in [0.25, 0.3) is 0 Å². The highest BCUT2D eigenvalue weighted by atomic mass is 32.2. The van der Waals surface area contributed by atoms with E-state index in [1.807, 2.05) is 13.8 Å². The van der Waals surface area contributed by atoms with E-state index < -0.39 is 9.84 Å². The summed E-state index contributed by atoms with van der Waals surface area (Å²) >= 11 is 0. The van der Waals surface area contributed by atoms with Crippen molar-refractivity contribution in [2.75, 3.05) is 18.6 Å². The van der Waals surface area contributed by atoms with Crippen LogP contribution in [-0.4, -0.2) is 32.9 Å². The molecule has 5 heteroatoms. The molecule has 0 aromatic heterocycles. The summed E-state index contributed by atoms with van der Waals surface area (Å²) in [6.45, 7) is 3.72. The summed E-state index contributed by atoms with van der Waals surface area (Å²) < 4.78 is 22.9. The Balaban J connectivity index is 2.86. The Labute approximate surface area is 97.0 Å². The first-order valence-corrected chi connectivity index (χ1v) is 7.32. The highest BCUT2D eigenvalue weighted by molar-refractivity contribution is 7.91. The van der Waals surface area contributed by atoms with Gasteiger partial charge in [-0.25, -0.2) is 8.42 Å². The predicted molar refractivity (Wildman–Crippen MR) is 63.7 cm³/mol. The zero-order chi connectivity index (χ0) is 12.3. The molecule has 2 atom stereocenters. The van der Waals surface area contributed by atoms with Gasteiger partial charge in [0.25, 0.3) is 0 Å². The molecule has 92 valence electrons. The molecule has 1 aliphatic rings. The third-order valence-electron chi connectivity index (χ3n) is 3.14. The zero-order valence-corrected chi connectivity index (χ0v) is 10.8. The molecule has 1 heterocycles. The number of allylic oxidation sites excluding steroid dienone is 1. The van der Waals surface area contributed by atoms with Gasteiger partial charge in [0.05, 0.1) is 11.5 Å². The number of nitrogens with one attached hydrogen (secondary N) is 1. The molecule has 1 N–H and O–H groups in total. The average Bonchev–Trinajstić information content (AvgIpc) is 2.20. The lowest BCUT2D eigenvalue weighted by molar-refractivity contribution is -0.117. The number of hydrogen-bond donors (Lipinski definition) is 1. The molecule has 1 aliphatic heterocycles. The Morgan fingerprint density at radius 3 is 2.50 bits per heavy atom. The van der Waals surface area contributed by atoms with Crippen molar-refractivity contribution < 1.29 is 13.2 Å². The molecule has 1 rings (SSSR count). The number of amides is 1. The second kappa shape index (κ2) is 4.99. The number of carbonyl (C=O) groups is 1. The molecule has 1 saturated heterocycles. The van der Waals surface area contributed by atoms with Crippen LogP contribution < -0.4 is 5.32 Å². The fourth-order valence-electron chi connectivity index (χ4n) is 2.31. The van der Waals surface area contributed by atoms with Crippen LogP contribution in [0.5, 0.6) is 0 Å². The number of carbonyl (C=O) groups excluding carboxylic acids is 1. The third kappa shape index (κ3) is 2.84. The number of rotatable bonds is 2. The average molecular weight is 245 g/mol. The largest absolute Gasteiger partial charge is 0.355 e. The summed E-state index contributed by atoms with van der Waals surface area (Å²) in [6, 6.07) is 0. The van der Waals surface area contributed by atoms with Crippen molar-refractivity contribution in [1.82, 2.24) is 5.32 Å². The minimum absolute atomic E-state index is 0.0160. The SMILES string of the molecule is C/C=C(\C(=O)NC)C1CCS(=O)(=O)CC1C. The molecule has 0 saturated carbocycles. The van der Waals surface area contributed by atoms with Crippen LogP contribution in [0.1, 0.15) is 20.3 Å². The molecule has 1 amide bonds. The number of likely N-dealkylation sites (N-methyl/N-ethyl adjacent to an activating group) is 1. The van der Waals surface area contributed by atoms with Crippen molar-refractivity contribution in [2.45, 2.75) is 20.3 Å². The predicted octanol–water partition coefficient (Wildman–Crippen LogP) is 0.749. The Morgan fingerprint density at radius 1 is 1.44 bits per heavy atom. The molecule has 16 heavy (non-hydrogen) atoms. The molecule has 0 aromatic rings. The first-order chi connectivity index (χ1) is 7.41. The van der Waals surface area contributed by atoms with E-state index in [0.29, 0.717) is 12.0 Å². The smallest absolute Gasteiger partial charge is 0.246 e. The minimum atomic E-state index is -2.90. The van der Waals surface area contributed by atoms with Gasteiger partial charge in [-0.05, 0) is 25.2 Å². The summed E-state index contributed by atoms with van der Waals surface area (Å²) in [7, 11) is -1.30. The standard InChI is InChI=1S/C11H19NO3S/c1-4-9(11(13)12-3)10-5-6-16(14,15)7-8(10)2/h4,8,10H,5-7H2,1-3H3,(H,12,13)/b9-4-. The second-order valence-corrected chi connectivity index (χ2v) is 6.54. The molecule has 0 spiro atoms. The lowest BCUT2D eigenvalue weighted by Crippen LogP contribution is -2.36. The van der Waals surface area contributed by atoms with E-state index in [-0.39, 0.29) is 29.2 Å². The Hall–Kier alpha value is -0.840. The van der Waals surface area contributed by atoms with Crippen molar-refractivity contribution in [3.8, 4) is 0 Å². The Kier molecular flexibility index (Phi) is 4.13. The minimum Gasteiger partial charge on any atom is -0.355 e. The lowest BCUT2D eigenvalue weighted by atomic mass is 9.85. The summed E-state index contributed by atoms with van der Waals surface area (Å²) in [6.07, 6.45) is 2.34. The quantitative estimate of drug-likeness (QED) is 0.730. The van der Waals surface area contributed by atoms with Crippen molar-refractivity contribution in [3.63, 3.8) is 0 Å². The maximum absolute atomic E-state index is 11.6. The summed E-state index contributed by atoms with van der Waals surface area (Å²) in [5, 5.41) is 2.60. The van der Waals surface area contributed by atoms with Gasteiger partial charge in [0.2, 0.25) is 5.91 Å². The topological polar surface area (TPSA) is 63.2 Å². The van der Waals surface area contributed by atoms with Gasteiger partial charge in [-0.15, -0.1) is 0 Å². The molecule has 0 aromatic carbocycles. The van der Waals surface area contributed by atoms with E-state index in [2.05, 4.69) is 5.32 Å². The third-order valence-corrected chi connectivity index (χ3v) is 5.03. The van der Waals surface area contributed by atoms with E-state index in [0.717, 1.165) is 0 Å². The van der Waals surface area contributed by atoms with Crippen molar-refractivity contribution >= 4 is 15.7 Å². The molecule has 0 bridgehead atoms. The summed E-state index contributed by atoms with van der Waals surface area (Å²) in [5.41, 5.74) is 0.713. The van der Waals surface area contributed by atoms with E-state index >= 15 is 0 Å². The highest BCUT2D eigenvalue weighted by Gasteiger charge is 2.33. The van der Waals surface area contributed by atoms with E-state index in [1.165, 1.54) is 0 Å². The monoisotopic (exact) mass is 245 g/mol. The molecule has 4 nitrogen and oxygen atoms in total. The first kappa shape index (κ1) is 13.2. The van der Waals surface area contributed by atoms with Crippen LogP contribution >= 0.6 is 0 Å². The van der Waals surface area contributed by atoms with Gasteiger partial charge in [-0.3, -0.25) is 4.79 Å². The van der Waals surface area contributed by atoms with Crippen molar-refractivity contribution in [3.05, 3.63) is 11.6 Å². The normalized spacial score (nSPS) is 29.8. The van der Waals surface area contributed by atoms with Crippen LogP contribution in [0.2, 0.25) is 0 Å². The van der Waals surface area contributed by atoms with Gasteiger partial charge in [0, 0.05) is 12.6 Å². The van der Waals surface area contributed by atoms with Gasteiger partial charge < -0.3 is 5.32 Å². The Bertz CT molecular complexity index is 397. The maximum Gasteiger partial charge on any atom is 0.246 e. The maximum atomic E-state index is 11.6. The fraction of sp³-hybridized carbons (Fsp3) is 0.727. The molecular weight excluding hydrogens is 226 g/mol. The molecule has 0 radical (unpaired) electrons. The van der Waals surface area contributed by atoms with E-state index in [9.17, 15) is 13.2 Å². The van der Waals surface area contributed by atoms with Crippen LogP contribution in [0.15, 0.2) is 11.6 Å². The van der Waals surface area contributed by atoms with Crippen LogP contribution in [0.3, 0.4) is 0 Å². The molecule has 2 unspecified atom stereocenters. The second-order valence-electron chi connectivity index (χ2n) is 4.31. The number of hydrogen-bond acceptors (Lipinski definition) is 3. The van der Waals surface area contributed by atoms with Gasteiger partial charge in [-0.2, -0.15) is 0 Å². The molecule has 0 aliphatic carbocycles. The van der Waals surface area contributed by atoms with Gasteiger partial charge in [0.1, 0.15) is 0 Å². The first-order valence-electron chi connectivity index (χ1n) is 5.50. The lowest BCUT2D eigenvalue weighted by Gasteiger charge is -2.29. The van der Waals surface area contributed by atoms with Crippen LogP contribution in [0.4, 0.5) is 0 Å². The summed E-state index contributed by atoms with van der Waals surface area (Å²) in [5.74, 6) is 0.358. The number of sulfone groups is 1. The zero-order valence-electron chi connectivity index (χ0n) is 9.99. The van der Waals surface area contributed by atoms with E-state index in [4.69, 9.17) is 0 Å². The van der Waals surface area contributed by atoms with Crippen LogP contribution in [0, 0.1) is 11.8 Å². The van der Waals surface area contributed by atoms with Gasteiger partial charge in [0.15, 0.2) is 9.84 Å². The van der Waals surface area contributed by atoms with Gasteiger partial charge >= 0.3 is 0 Å². The van der Waals surface area contributed by atoms with Crippen molar-refractivity contribution in [1.29, 1.82) is 0 Å². The Morgan fingerprint density at radius 2 is 2.06 bits per heavy atom. The fourth-order valence-corrected chi connectivity index (χ4v) is 4.12. The van der Waals surface area contributed by atoms with Crippen molar-refractivity contribution in [2.24, 2.45) is 11.8 Å². The van der Waals surface area contributed by atoms with Crippen LogP contribution in [-0.2, 0) is 14.6 Å². The van der Waals surface area contributed by atoms with Gasteiger partial charge in [-0.1, -0.05) is 13.0 Å². The highest BCUT2D eigenvalue weighted by Crippen LogP contribution is 2.30. The van der Waals surface area contributed by atoms with E-state index in [1.54, 1.807) is 13.1 Å².